The van der Waals surface area contributed by atoms with E-state index in [1.807, 2.05) is 0 Å². The average Bonchev–Trinajstić information content (AvgIpc) is 3.17. The topological polar surface area (TPSA) is 95.8 Å². The lowest BCUT2D eigenvalue weighted by molar-refractivity contribution is -0.131. The molecule has 0 spiro atoms. The molecule has 1 aromatic heterocycles. The first-order valence-corrected chi connectivity index (χ1v) is 13.5. The van der Waals surface area contributed by atoms with Crippen LogP contribution in [0.2, 0.25) is 0 Å². The molecule has 1 aliphatic rings. The van der Waals surface area contributed by atoms with Crippen molar-refractivity contribution >= 4 is 15.9 Å². The number of carbonyl (C=O) groups is 1. The minimum Gasteiger partial charge on any atom is -0.360 e. The molecule has 9 heteroatoms. The highest BCUT2D eigenvalue weighted by atomic mass is 32.2. The van der Waals surface area contributed by atoms with Gasteiger partial charge in [-0.25, -0.2) is 8.42 Å². The number of hydrogen-bond donors (Lipinski definition) is 1. The Labute approximate surface area is 203 Å². The van der Waals surface area contributed by atoms with Crippen LogP contribution in [0.15, 0.2) is 33.7 Å². The van der Waals surface area contributed by atoms with E-state index in [2.05, 4.69) is 62.4 Å². The average molecular weight is 491 g/mol. The number of benzene rings is 1. The third-order valence-corrected chi connectivity index (χ3v) is 8.92. The summed E-state index contributed by atoms with van der Waals surface area (Å²) in [6, 6.07) is 8.74. The molecular formula is C25H38N4O4S. The van der Waals surface area contributed by atoms with Crippen molar-refractivity contribution in [1.29, 1.82) is 0 Å². The van der Waals surface area contributed by atoms with Gasteiger partial charge in [0.05, 0.1) is 6.54 Å². The Kier molecular flexibility index (Phi) is 8.54. The second-order valence-electron chi connectivity index (χ2n) is 9.52. The predicted molar refractivity (Wildman–Crippen MR) is 132 cm³/mol. The summed E-state index contributed by atoms with van der Waals surface area (Å²) >= 11 is 0. The molecule has 2 unspecified atom stereocenters. The number of aromatic nitrogens is 1. The van der Waals surface area contributed by atoms with Crippen LogP contribution in [0.4, 0.5) is 0 Å². The molecule has 3 rings (SSSR count). The Morgan fingerprint density at radius 3 is 2.15 bits per heavy atom. The monoisotopic (exact) mass is 490 g/mol. The van der Waals surface area contributed by atoms with Gasteiger partial charge in [0.1, 0.15) is 10.6 Å². The van der Waals surface area contributed by atoms with Gasteiger partial charge in [0, 0.05) is 32.2 Å². The van der Waals surface area contributed by atoms with E-state index in [-0.39, 0.29) is 42.2 Å². The van der Waals surface area contributed by atoms with Gasteiger partial charge in [-0.2, -0.15) is 4.31 Å². The van der Waals surface area contributed by atoms with Crippen LogP contribution in [0.25, 0.3) is 0 Å². The number of amides is 1. The fraction of sp³-hybridized carbons (Fsp3) is 0.600. The van der Waals surface area contributed by atoms with Gasteiger partial charge >= 0.3 is 0 Å². The van der Waals surface area contributed by atoms with Crippen LogP contribution in [0, 0.1) is 19.8 Å². The number of nitrogens with zero attached hydrogens (tertiary/aromatic N) is 3. The van der Waals surface area contributed by atoms with Gasteiger partial charge < -0.3 is 14.7 Å². The Balaban J connectivity index is 1.58. The van der Waals surface area contributed by atoms with Crippen LogP contribution in [0.1, 0.15) is 68.7 Å². The molecule has 1 N–H and O–H groups in total. The van der Waals surface area contributed by atoms with E-state index in [1.165, 1.54) is 15.4 Å². The first-order valence-electron chi connectivity index (χ1n) is 12.1. The van der Waals surface area contributed by atoms with E-state index in [4.69, 9.17) is 4.52 Å². The van der Waals surface area contributed by atoms with Crippen molar-refractivity contribution in [3.63, 3.8) is 0 Å². The minimum absolute atomic E-state index is 0.0173. The molecule has 0 saturated carbocycles. The highest BCUT2D eigenvalue weighted by molar-refractivity contribution is 7.89. The summed E-state index contributed by atoms with van der Waals surface area (Å²) in [5.41, 5.74) is 2.86. The fourth-order valence-electron chi connectivity index (χ4n) is 4.46. The van der Waals surface area contributed by atoms with Crippen molar-refractivity contribution in [3.05, 3.63) is 46.8 Å². The van der Waals surface area contributed by atoms with Gasteiger partial charge in [0.2, 0.25) is 15.9 Å². The largest absolute Gasteiger partial charge is 0.360 e. The van der Waals surface area contributed by atoms with Crippen molar-refractivity contribution in [2.45, 2.75) is 64.8 Å². The van der Waals surface area contributed by atoms with E-state index in [0.29, 0.717) is 30.6 Å². The zero-order chi connectivity index (χ0) is 25.0. The van der Waals surface area contributed by atoms with Crippen LogP contribution in [-0.2, 0) is 14.8 Å². The van der Waals surface area contributed by atoms with Crippen LogP contribution >= 0.6 is 0 Å². The number of carbonyl (C=O) groups excluding carboxylic acids is 1. The van der Waals surface area contributed by atoms with E-state index >= 15 is 0 Å². The number of nitrogens with one attached hydrogen (secondary N) is 1. The second kappa shape index (κ2) is 11.0. The maximum Gasteiger partial charge on any atom is 0.248 e. The summed E-state index contributed by atoms with van der Waals surface area (Å²) in [6.07, 6.45) is 1.10. The molecule has 0 bridgehead atoms. The third kappa shape index (κ3) is 5.70. The standard InChI is InChI=1S/C25H38N4O4S/c1-7-18(4)21-8-10-22(11-9-21)24(17(2)3)26-16-23(30)28-12-14-29(15-13-28)34(31,32)25-19(5)27-33-20(25)6/h8-11,17-18,24,26H,7,12-16H2,1-6H3. The summed E-state index contributed by atoms with van der Waals surface area (Å²) in [7, 11) is -3.69. The van der Waals surface area contributed by atoms with E-state index in [9.17, 15) is 13.2 Å². The molecule has 34 heavy (non-hydrogen) atoms. The van der Waals surface area contributed by atoms with Gasteiger partial charge in [0.25, 0.3) is 0 Å². The molecular weight excluding hydrogens is 452 g/mol. The van der Waals surface area contributed by atoms with Gasteiger partial charge in [-0.05, 0) is 43.2 Å². The van der Waals surface area contributed by atoms with Crippen LogP contribution in [0.3, 0.4) is 0 Å². The summed E-state index contributed by atoms with van der Waals surface area (Å²) in [5, 5.41) is 7.19. The summed E-state index contributed by atoms with van der Waals surface area (Å²) in [6.45, 7) is 13.4. The van der Waals surface area contributed by atoms with Crippen LogP contribution in [0.5, 0.6) is 0 Å². The molecule has 1 aliphatic heterocycles. The number of rotatable bonds is 9. The highest BCUT2D eigenvalue weighted by Gasteiger charge is 2.34. The van der Waals surface area contributed by atoms with Crippen LogP contribution < -0.4 is 5.32 Å². The fourth-order valence-corrected chi connectivity index (χ4v) is 6.18. The van der Waals surface area contributed by atoms with Gasteiger partial charge in [-0.1, -0.05) is 57.1 Å². The first-order chi connectivity index (χ1) is 16.1. The van der Waals surface area contributed by atoms with Crippen molar-refractivity contribution in [2.75, 3.05) is 32.7 Å². The number of sulfonamides is 1. The lowest BCUT2D eigenvalue weighted by Crippen LogP contribution is -2.52. The Bertz CT molecular complexity index is 1050. The second-order valence-corrected chi connectivity index (χ2v) is 11.4. The first kappa shape index (κ1) is 26.4. The van der Waals surface area contributed by atoms with Crippen molar-refractivity contribution in [1.82, 2.24) is 19.7 Å². The molecule has 1 aromatic carbocycles. The predicted octanol–water partition coefficient (Wildman–Crippen LogP) is 3.62. The molecule has 8 nitrogen and oxygen atoms in total. The Hall–Kier alpha value is -2.23. The quantitative estimate of drug-likeness (QED) is 0.577. The number of aryl methyl sites for hydroxylation is 2. The Morgan fingerprint density at radius 1 is 1.06 bits per heavy atom. The van der Waals surface area contributed by atoms with Crippen LogP contribution in [-0.4, -0.2) is 61.4 Å². The Morgan fingerprint density at radius 2 is 1.65 bits per heavy atom. The summed E-state index contributed by atoms with van der Waals surface area (Å²) in [5.74, 6) is 1.12. The lowest BCUT2D eigenvalue weighted by atomic mass is 9.92. The summed E-state index contributed by atoms with van der Waals surface area (Å²) in [4.78, 5) is 14.8. The third-order valence-electron chi connectivity index (χ3n) is 6.77. The summed E-state index contributed by atoms with van der Waals surface area (Å²) < 4.78 is 32.5. The van der Waals surface area contributed by atoms with E-state index in [1.54, 1.807) is 18.7 Å². The van der Waals surface area contributed by atoms with Gasteiger partial charge in [-0.3, -0.25) is 4.79 Å². The zero-order valence-electron chi connectivity index (χ0n) is 21.2. The SMILES string of the molecule is CCC(C)c1ccc(C(NCC(=O)N2CCN(S(=O)(=O)c3c(C)noc3C)CC2)C(C)C)cc1. The number of piperazine rings is 1. The maximum absolute atomic E-state index is 13.0. The smallest absolute Gasteiger partial charge is 0.248 e. The van der Waals surface area contributed by atoms with Crippen molar-refractivity contribution in [2.24, 2.45) is 5.92 Å². The van der Waals surface area contributed by atoms with E-state index in [0.717, 1.165) is 6.42 Å². The molecule has 0 radical (unpaired) electrons. The lowest BCUT2D eigenvalue weighted by Gasteiger charge is -2.34. The molecule has 188 valence electrons. The molecule has 1 saturated heterocycles. The van der Waals surface area contributed by atoms with Gasteiger partial charge in [-0.15, -0.1) is 0 Å². The van der Waals surface area contributed by atoms with Crippen molar-refractivity contribution in [3.8, 4) is 0 Å². The molecule has 1 fully saturated rings. The molecule has 2 atom stereocenters. The maximum atomic E-state index is 13.0. The molecule has 1 amide bonds. The number of hydrogen-bond acceptors (Lipinski definition) is 6. The minimum atomic E-state index is -3.69. The molecule has 2 aromatic rings. The molecule has 2 heterocycles. The van der Waals surface area contributed by atoms with E-state index < -0.39 is 10.0 Å². The highest BCUT2D eigenvalue weighted by Crippen LogP contribution is 2.26. The molecule has 0 aliphatic carbocycles. The van der Waals surface area contributed by atoms with Crippen molar-refractivity contribution < 1.29 is 17.7 Å². The van der Waals surface area contributed by atoms with Gasteiger partial charge in [0.15, 0.2) is 5.76 Å². The zero-order valence-corrected chi connectivity index (χ0v) is 22.0. The normalized spacial score (nSPS) is 17.2.